The molecule has 2 N–H and O–H groups in total. The maximum absolute atomic E-state index is 11.4. The molecule has 2 amide bonds. The molecule has 0 radical (unpaired) electrons. The van der Waals surface area contributed by atoms with Crippen LogP contribution >= 0.6 is 11.6 Å². The van der Waals surface area contributed by atoms with Crippen molar-refractivity contribution in [3.63, 3.8) is 0 Å². The van der Waals surface area contributed by atoms with Crippen LogP contribution in [0, 0.1) is 0 Å². The molecule has 0 aliphatic carbocycles. The molecule has 0 aromatic carbocycles. The molecule has 0 aliphatic rings. The molecule has 0 aromatic rings. The number of nitrogens with one attached hydrogen (secondary N) is 2. The van der Waals surface area contributed by atoms with E-state index in [1.54, 1.807) is 6.92 Å². The molecule has 1 atom stereocenters. The summed E-state index contributed by atoms with van der Waals surface area (Å²) in [5.74, 6) is 0.190. The smallest absolute Gasteiger partial charge is 0.242 e. The number of carbonyl (C=O) groups is 2. The number of hydrogen-bond acceptors (Lipinski definition) is 2. The molecule has 1 unspecified atom stereocenters. The summed E-state index contributed by atoms with van der Waals surface area (Å²) in [7, 11) is 0. The summed E-state index contributed by atoms with van der Waals surface area (Å²) < 4.78 is 0. The minimum Gasteiger partial charge on any atom is -0.354 e. The first-order valence-electron chi connectivity index (χ1n) is 5.24. The Kier molecular flexibility index (Phi) is 8.09. The molecule has 88 valence electrons. The minimum atomic E-state index is -0.473. The van der Waals surface area contributed by atoms with Gasteiger partial charge >= 0.3 is 0 Å². The highest BCUT2D eigenvalue weighted by Crippen LogP contribution is 1.93. The van der Waals surface area contributed by atoms with Crippen LogP contribution in [0.5, 0.6) is 0 Å². The van der Waals surface area contributed by atoms with Crippen LogP contribution in [-0.2, 0) is 9.59 Å². The summed E-state index contributed by atoms with van der Waals surface area (Å²) >= 11 is 5.45. The number of hydrogen-bond donors (Lipinski definition) is 2. The lowest BCUT2D eigenvalue weighted by Gasteiger charge is -2.13. The third-order valence-corrected chi connectivity index (χ3v) is 2.12. The van der Waals surface area contributed by atoms with Crippen LogP contribution in [0.15, 0.2) is 0 Å². The molecule has 0 rings (SSSR count). The minimum absolute atomic E-state index is 0.130. The van der Waals surface area contributed by atoms with Crippen LogP contribution in [0.4, 0.5) is 0 Å². The van der Waals surface area contributed by atoms with Gasteiger partial charge in [0.2, 0.25) is 11.8 Å². The van der Waals surface area contributed by atoms with Crippen molar-refractivity contribution < 1.29 is 9.59 Å². The number of rotatable bonds is 7. The van der Waals surface area contributed by atoms with Crippen molar-refractivity contribution in [3.8, 4) is 0 Å². The fraction of sp³-hybridized carbons (Fsp3) is 0.800. The van der Waals surface area contributed by atoms with Crippen molar-refractivity contribution in [3.05, 3.63) is 0 Å². The Morgan fingerprint density at radius 1 is 1.40 bits per heavy atom. The zero-order valence-electron chi connectivity index (χ0n) is 9.31. The number of alkyl halides is 1. The predicted octanol–water partition coefficient (Wildman–Crippen LogP) is 1.04. The third-order valence-electron chi connectivity index (χ3n) is 1.86. The Labute approximate surface area is 95.7 Å². The fourth-order valence-electron chi connectivity index (χ4n) is 1.01. The monoisotopic (exact) mass is 234 g/mol. The van der Waals surface area contributed by atoms with Crippen LogP contribution in [0.25, 0.3) is 0 Å². The molecule has 0 fully saturated rings. The van der Waals surface area contributed by atoms with Crippen LogP contribution in [0.2, 0.25) is 0 Å². The van der Waals surface area contributed by atoms with E-state index in [-0.39, 0.29) is 11.8 Å². The Balaban J connectivity index is 3.75. The first-order valence-corrected chi connectivity index (χ1v) is 5.78. The third kappa shape index (κ3) is 7.19. The summed E-state index contributed by atoms with van der Waals surface area (Å²) in [6, 6.07) is -0.473. The van der Waals surface area contributed by atoms with Gasteiger partial charge < -0.3 is 10.6 Å². The van der Waals surface area contributed by atoms with E-state index < -0.39 is 6.04 Å². The highest BCUT2D eigenvalue weighted by atomic mass is 35.5. The Morgan fingerprint density at radius 2 is 2.07 bits per heavy atom. The van der Waals surface area contributed by atoms with E-state index in [1.165, 1.54) is 0 Å². The van der Waals surface area contributed by atoms with Gasteiger partial charge in [-0.25, -0.2) is 0 Å². The van der Waals surface area contributed by atoms with Gasteiger partial charge in [-0.15, -0.1) is 11.6 Å². The van der Waals surface area contributed by atoms with Gasteiger partial charge in [-0.3, -0.25) is 9.59 Å². The first kappa shape index (κ1) is 14.2. The lowest BCUT2D eigenvalue weighted by atomic mass is 10.2. The molecular formula is C10H19ClN2O2. The summed E-state index contributed by atoms with van der Waals surface area (Å²) in [6.07, 6.45) is 1.89. The van der Waals surface area contributed by atoms with Gasteiger partial charge in [-0.2, -0.15) is 0 Å². The molecule has 0 spiro atoms. The van der Waals surface area contributed by atoms with E-state index in [4.69, 9.17) is 11.6 Å². The van der Waals surface area contributed by atoms with Crippen LogP contribution in [-0.4, -0.2) is 30.3 Å². The predicted molar refractivity (Wildman–Crippen MR) is 60.9 cm³/mol. The summed E-state index contributed by atoms with van der Waals surface area (Å²) in [6.45, 7) is 4.29. The molecule has 4 nitrogen and oxygen atoms in total. The molecule has 0 saturated heterocycles. The Bertz CT molecular complexity index is 210. The van der Waals surface area contributed by atoms with Crippen molar-refractivity contribution in [2.75, 3.05) is 12.4 Å². The van der Waals surface area contributed by atoms with E-state index in [9.17, 15) is 9.59 Å². The van der Waals surface area contributed by atoms with Crippen molar-refractivity contribution in [1.82, 2.24) is 10.6 Å². The maximum Gasteiger partial charge on any atom is 0.242 e. The molecule has 0 heterocycles. The standard InChI is InChI=1S/C10H19ClN2O2/c1-3-7-12-10(15)8(2)13-9(14)5-4-6-11/h8H,3-7H2,1-2H3,(H,12,15)(H,13,14). The van der Waals surface area contributed by atoms with Gasteiger partial charge in [0.25, 0.3) is 0 Å². The maximum atomic E-state index is 11.4. The van der Waals surface area contributed by atoms with Gasteiger partial charge in [0.15, 0.2) is 0 Å². The topological polar surface area (TPSA) is 58.2 Å². The van der Waals surface area contributed by atoms with Crippen LogP contribution in [0.1, 0.15) is 33.1 Å². The van der Waals surface area contributed by atoms with Gasteiger partial charge in [0, 0.05) is 18.8 Å². The summed E-state index contributed by atoms with van der Waals surface area (Å²) in [5, 5.41) is 5.33. The average Bonchev–Trinajstić information content (AvgIpc) is 2.22. The van der Waals surface area contributed by atoms with E-state index in [0.29, 0.717) is 25.3 Å². The van der Waals surface area contributed by atoms with Crippen molar-refractivity contribution >= 4 is 23.4 Å². The Hall–Kier alpha value is -0.770. The lowest BCUT2D eigenvalue weighted by Crippen LogP contribution is -2.44. The number of amides is 2. The second kappa shape index (κ2) is 8.53. The van der Waals surface area contributed by atoms with E-state index in [1.807, 2.05) is 6.92 Å². The summed E-state index contributed by atoms with van der Waals surface area (Å²) in [5.41, 5.74) is 0. The van der Waals surface area contributed by atoms with Crippen LogP contribution in [0.3, 0.4) is 0 Å². The SMILES string of the molecule is CCCNC(=O)C(C)NC(=O)CCCCl. The van der Waals surface area contributed by atoms with Gasteiger partial charge in [0.05, 0.1) is 0 Å². The Morgan fingerprint density at radius 3 is 2.60 bits per heavy atom. The van der Waals surface area contributed by atoms with Crippen molar-refractivity contribution in [1.29, 1.82) is 0 Å². The number of carbonyl (C=O) groups excluding carboxylic acids is 2. The van der Waals surface area contributed by atoms with Crippen molar-refractivity contribution in [2.45, 2.75) is 39.2 Å². The zero-order valence-corrected chi connectivity index (χ0v) is 10.1. The largest absolute Gasteiger partial charge is 0.354 e. The second-order valence-corrected chi connectivity index (χ2v) is 3.75. The zero-order chi connectivity index (χ0) is 11.7. The molecule has 0 saturated carbocycles. The van der Waals surface area contributed by atoms with E-state index >= 15 is 0 Å². The molecule has 0 aromatic heterocycles. The molecule has 0 bridgehead atoms. The number of halogens is 1. The second-order valence-electron chi connectivity index (χ2n) is 3.37. The highest BCUT2D eigenvalue weighted by Gasteiger charge is 2.13. The van der Waals surface area contributed by atoms with Crippen LogP contribution < -0.4 is 10.6 Å². The van der Waals surface area contributed by atoms with Gasteiger partial charge in [-0.1, -0.05) is 6.92 Å². The van der Waals surface area contributed by atoms with E-state index in [0.717, 1.165) is 6.42 Å². The first-order chi connectivity index (χ1) is 7.11. The molecule has 0 aliphatic heterocycles. The molecule has 15 heavy (non-hydrogen) atoms. The van der Waals surface area contributed by atoms with E-state index in [2.05, 4.69) is 10.6 Å². The summed E-state index contributed by atoms with van der Waals surface area (Å²) in [4.78, 5) is 22.6. The average molecular weight is 235 g/mol. The highest BCUT2D eigenvalue weighted by molar-refractivity contribution is 6.17. The molecule has 5 heteroatoms. The molecular weight excluding hydrogens is 216 g/mol. The quantitative estimate of drug-likeness (QED) is 0.647. The fourth-order valence-corrected chi connectivity index (χ4v) is 1.14. The lowest BCUT2D eigenvalue weighted by molar-refractivity contribution is -0.128. The van der Waals surface area contributed by atoms with Gasteiger partial charge in [0.1, 0.15) is 6.04 Å². The normalized spacial score (nSPS) is 11.9. The van der Waals surface area contributed by atoms with Gasteiger partial charge in [-0.05, 0) is 19.8 Å². The van der Waals surface area contributed by atoms with Crippen molar-refractivity contribution in [2.24, 2.45) is 0 Å².